The number of aromatic nitrogens is 2. The molecule has 4 heterocycles. The number of hydrogen-bond donors (Lipinski definition) is 2. The van der Waals surface area contributed by atoms with Crippen molar-refractivity contribution in [2.45, 2.75) is 84.7 Å². The number of piperazine rings is 2. The maximum absolute atomic E-state index is 14.3. The van der Waals surface area contributed by atoms with Crippen LogP contribution in [0.3, 0.4) is 0 Å². The van der Waals surface area contributed by atoms with E-state index in [1.165, 1.54) is 86.4 Å². The molecule has 0 bridgehead atoms. The minimum absolute atomic E-state index is 0.189. The third kappa shape index (κ3) is 11.3. The fourth-order valence-corrected chi connectivity index (χ4v) is 12.0. The van der Waals surface area contributed by atoms with Gasteiger partial charge in [-0.25, -0.2) is 9.97 Å². The van der Waals surface area contributed by atoms with Crippen molar-refractivity contribution in [2.75, 3.05) is 64.1 Å². The van der Waals surface area contributed by atoms with Gasteiger partial charge in [-0.1, -0.05) is 52.8 Å². The van der Waals surface area contributed by atoms with Gasteiger partial charge in [0.25, 0.3) is 11.8 Å². The van der Waals surface area contributed by atoms with Crippen molar-refractivity contribution in [1.29, 1.82) is 0 Å². The summed E-state index contributed by atoms with van der Waals surface area (Å²) in [7, 11) is 3.04. The number of anilines is 2. The fourth-order valence-electron chi connectivity index (χ4n) is 7.78. The summed E-state index contributed by atoms with van der Waals surface area (Å²) < 4.78 is 12.9. The molecule has 0 radical (unpaired) electrons. The van der Waals surface area contributed by atoms with Gasteiger partial charge in [-0.3, -0.25) is 28.8 Å². The SMILES string of the molecule is C=CC(=O)N1CCN(C(=O)c2cc(Sc3sc(NC(C)=O)nc3/C=C/C(=O)N3CCN(C(=O)c4cc(Sc5cnc(NC(C)=O)s5)c(C)cc4OC)C(C)(C)C3)c(C)cc2OC)CC1(C)C. The van der Waals surface area contributed by atoms with E-state index in [1.807, 2.05) is 53.7 Å². The molecule has 6 rings (SSSR count). The van der Waals surface area contributed by atoms with Crippen LogP contribution in [0.4, 0.5) is 10.3 Å². The van der Waals surface area contributed by atoms with E-state index < -0.39 is 11.1 Å². The molecule has 20 heteroatoms. The van der Waals surface area contributed by atoms with Gasteiger partial charge < -0.3 is 39.7 Å². The highest BCUT2D eigenvalue weighted by atomic mass is 32.2. The van der Waals surface area contributed by atoms with Crippen LogP contribution < -0.4 is 20.1 Å². The van der Waals surface area contributed by atoms with Crippen LogP contribution in [-0.4, -0.2) is 130 Å². The van der Waals surface area contributed by atoms with E-state index in [1.54, 1.807) is 44.0 Å². The third-order valence-corrected chi connectivity index (χ3v) is 15.5. The average Bonchev–Trinajstić information content (AvgIpc) is 3.86. The van der Waals surface area contributed by atoms with Gasteiger partial charge in [-0.05, 0) is 89.1 Å². The highest BCUT2D eigenvalue weighted by molar-refractivity contribution is 8.01. The molecule has 16 nitrogen and oxygen atoms in total. The first-order valence-corrected chi connectivity index (χ1v) is 24.2. The number of nitrogens with one attached hydrogen (secondary N) is 2. The maximum Gasteiger partial charge on any atom is 0.258 e. The lowest BCUT2D eigenvalue weighted by Gasteiger charge is -2.47. The number of carbonyl (C=O) groups excluding carboxylic acids is 6. The van der Waals surface area contributed by atoms with Crippen LogP contribution in [0.1, 0.15) is 79.1 Å². The summed E-state index contributed by atoms with van der Waals surface area (Å²) in [5.74, 6) is -0.598. The number of methoxy groups -OCH3 is 2. The van der Waals surface area contributed by atoms with E-state index in [0.717, 1.165) is 25.1 Å². The lowest BCUT2D eigenvalue weighted by Crippen LogP contribution is -2.61. The van der Waals surface area contributed by atoms with E-state index in [9.17, 15) is 28.8 Å². The Hall–Kier alpha value is -5.70. The maximum atomic E-state index is 14.3. The Bertz CT molecular complexity index is 2620. The molecule has 2 aromatic carbocycles. The molecule has 2 fully saturated rings. The fraction of sp³-hybridized carbons (Fsp3) is 0.391. The first-order chi connectivity index (χ1) is 31.1. The molecule has 0 spiro atoms. The number of hydrogen-bond acceptors (Lipinski definition) is 14. The Morgan fingerprint density at radius 3 is 1.85 bits per heavy atom. The molecule has 2 saturated heterocycles. The molecule has 0 saturated carbocycles. The number of carbonyl (C=O) groups is 6. The van der Waals surface area contributed by atoms with Gasteiger partial charge in [0.05, 0.1) is 56.7 Å². The predicted molar refractivity (Wildman–Crippen MR) is 259 cm³/mol. The summed E-state index contributed by atoms with van der Waals surface area (Å²) >= 11 is 5.38. The molecule has 4 aromatic rings. The van der Waals surface area contributed by atoms with Gasteiger partial charge in [-0.2, -0.15) is 0 Å². The van der Waals surface area contributed by atoms with E-state index in [2.05, 4.69) is 27.2 Å². The summed E-state index contributed by atoms with van der Waals surface area (Å²) in [6.45, 7) is 19.7. The van der Waals surface area contributed by atoms with Gasteiger partial charge in [-0.15, -0.1) is 0 Å². The number of nitrogens with zero attached hydrogens (tertiary/aromatic N) is 6. The first kappa shape index (κ1) is 49.7. The van der Waals surface area contributed by atoms with Gasteiger partial charge in [0.1, 0.15) is 11.5 Å². The molecule has 2 aliphatic heterocycles. The molecular formula is C46H54N8O8S4. The zero-order valence-corrected chi connectivity index (χ0v) is 41.9. The first-order valence-electron chi connectivity index (χ1n) is 20.9. The second kappa shape index (κ2) is 20.4. The molecule has 66 heavy (non-hydrogen) atoms. The van der Waals surface area contributed by atoms with Crippen molar-refractivity contribution in [3.8, 4) is 11.5 Å². The summed E-state index contributed by atoms with van der Waals surface area (Å²) in [6.07, 6.45) is 6.03. The van der Waals surface area contributed by atoms with Crippen molar-refractivity contribution >= 4 is 98.0 Å². The van der Waals surface area contributed by atoms with Crippen LogP contribution in [0, 0.1) is 13.8 Å². The number of rotatable bonds is 13. The number of thiazole rings is 2. The second-order valence-corrected chi connectivity index (χ2v) is 21.7. The quantitative estimate of drug-likeness (QED) is 0.126. The normalized spacial score (nSPS) is 15.7. The monoisotopic (exact) mass is 974 g/mol. The van der Waals surface area contributed by atoms with E-state index in [-0.39, 0.29) is 55.1 Å². The Kier molecular flexibility index (Phi) is 15.4. The van der Waals surface area contributed by atoms with Gasteiger partial charge in [0, 0.05) is 69.0 Å². The zero-order valence-electron chi connectivity index (χ0n) is 38.7. The second-order valence-electron chi connectivity index (χ2n) is 17.0. The van der Waals surface area contributed by atoms with Crippen LogP contribution >= 0.6 is 46.2 Å². The van der Waals surface area contributed by atoms with Crippen LogP contribution in [0.5, 0.6) is 11.5 Å². The topological polar surface area (TPSA) is 184 Å². The number of benzene rings is 2. The smallest absolute Gasteiger partial charge is 0.258 e. The molecular weight excluding hydrogens is 921 g/mol. The van der Waals surface area contributed by atoms with E-state index in [0.29, 0.717) is 62.4 Å². The number of ether oxygens (including phenoxy) is 2. The molecule has 2 N–H and O–H groups in total. The molecule has 0 atom stereocenters. The van der Waals surface area contributed by atoms with Crippen molar-refractivity contribution in [3.63, 3.8) is 0 Å². The van der Waals surface area contributed by atoms with Crippen molar-refractivity contribution in [1.82, 2.24) is 29.6 Å². The predicted octanol–water partition coefficient (Wildman–Crippen LogP) is 7.48. The molecule has 0 aliphatic carbocycles. The van der Waals surface area contributed by atoms with Crippen LogP contribution in [0.15, 0.2) is 67.4 Å². The number of aryl methyl sites for hydroxylation is 2. The highest BCUT2D eigenvalue weighted by Gasteiger charge is 2.40. The summed E-state index contributed by atoms with van der Waals surface area (Å²) in [6, 6.07) is 7.24. The van der Waals surface area contributed by atoms with Crippen LogP contribution in [0.25, 0.3) is 6.08 Å². The minimum Gasteiger partial charge on any atom is -0.496 e. The summed E-state index contributed by atoms with van der Waals surface area (Å²) in [4.78, 5) is 95.9. The van der Waals surface area contributed by atoms with E-state index >= 15 is 0 Å². The minimum atomic E-state index is -0.763. The van der Waals surface area contributed by atoms with Crippen molar-refractivity contribution in [2.24, 2.45) is 0 Å². The standard InChI is InChI=1S/C46H54N8O8S4/c1-12-37(57)53-17-16-52(25-45(53,6)7)40(59)30-21-36(27(3)20-33(30)61-10)64-42-32(50-44(66-42)49-29(5)56)13-14-38(58)51-15-18-54(46(8,9)24-51)41(60)31-22-35(26(2)19-34(31)62-11)63-39-23-47-43(65-39)48-28(4)55/h12-14,19-23H,1,15-18,24-25H2,2-11H3,(H,47,48,55)(H,49,50,56)/b14-13+. The van der Waals surface area contributed by atoms with Gasteiger partial charge >= 0.3 is 0 Å². The average molecular weight is 975 g/mol. The van der Waals surface area contributed by atoms with Crippen LogP contribution in [-0.2, 0) is 19.2 Å². The molecule has 2 aromatic heterocycles. The number of amides is 6. The van der Waals surface area contributed by atoms with Crippen LogP contribution in [0.2, 0.25) is 0 Å². The van der Waals surface area contributed by atoms with Crippen molar-refractivity contribution in [3.05, 3.63) is 77.1 Å². The molecule has 6 amide bonds. The van der Waals surface area contributed by atoms with Gasteiger partial charge in [0.2, 0.25) is 23.6 Å². The lowest BCUT2D eigenvalue weighted by atomic mass is 9.96. The highest BCUT2D eigenvalue weighted by Crippen LogP contribution is 2.42. The van der Waals surface area contributed by atoms with E-state index in [4.69, 9.17) is 9.47 Å². The molecule has 0 unspecified atom stereocenters. The molecule has 350 valence electrons. The van der Waals surface area contributed by atoms with Gasteiger partial charge in [0.15, 0.2) is 10.3 Å². The largest absolute Gasteiger partial charge is 0.496 e. The summed E-state index contributed by atoms with van der Waals surface area (Å²) in [5, 5.41) is 6.28. The van der Waals surface area contributed by atoms with Crippen molar-refractivity contribution < 1.29 is 38.2 Å². The molecule has 2 aliphatic rings. The summed E-state index contributed by atoms with van der Waals surface area (Å²) in [5.41, 5.74) is 1.55. The third-order valence-electron chi connectivity index (χ3n) is 11.0. The lowest BCUT2D eigenvalue weighted by molar-refractivity contribution is -0.134. The Morgan fingerprint density at radius 2 is 1.27 bits per heavy atom. The Labute approximate surface area is 401 Å². The Balaban J connectivity index is 1.19. The Morgan fingerprint density at radius 1 is 0.727 bits per heavy atom. The zero-order chi connectivity index (χ0) is 48.2.